The number of hydrogen-bond donors (Lipinski definition) is 1. The number of hydrogen-bond acceptors (Lipinski definition) is 4. The molecule has 0 aliphatic carbocycles. The highest BCUT2D eigenvalue weighted by molar-refractivity contribution is 6.13. The summed E-state index contributed by atoms with van der Waals surface area (Å²) in [5, 5.41) is 2.74. The van der Waals surface area contributed by atoms with E-state index in [1.165, 1.54) is 0 Å². The number of benzene rings is 3. The second-order valence-electron chi connectivity index (χ2n) is 5.76. The van der Waals surface area contributed by atoms with Gasteiger partial charge in [0.25, 0.3) is 5.91 Å². The Morgan fingerprint density at radius 2 is 1.56 bits per heavy atom. The molecule has 0 aromatic heterocycles. The lowest BCUT2D eigenvalue weighted by atomic mass is 10.0. The van der Waals surface area contributed by atoms with Crippen LogP contribution in [-0.4, -0.2) is 25.4 Å². The van der Waals surface area contributed by atoms with Crippen molar-refractivity contribution in [1.82, 2.24) is 0 Å². The minimum absolute atomic E-state index is 0.153. The van der Waals surface area contributed by atoms with Gasteiger partial charge in [-0.15, -0.1) is 0 Å². The average Bonchev–Trinajstić information content (AvgIpc) is 2.73. The molecular weight excluding hydrogens is 342 g/mol. The fourth-order valence-corrected chi connectivity index (χ4v) is 2.56. The summed E-state index contributed by atoms with van der Waals surface area (Å²) < 4.78 is 10.6. The number of carbonyl (C=O) groups excluding carboxylic acids is 2. The maximum Gasteiger partial charge on any atom is 0.262 e. The molecule has 3 aromatic carbocycles. The van der Waals surface area contributed by atoms with Crippen LogP contribution in [0.25, 0.3) is 0 Å². The SMILES string of the molecule is COc1cccc(OCC(=O)Nc2ccccc2C(=O)c2ccccc2)c1. The Bertz CT molecular complexity index is 938. The molecular formula is C22H19NO4. The first kappa shape index (κ1) is 18.2. The van der Waals surface area contributed by atoms with Crippen LogP contribution in [0.5, 0.6) is 11.5 Å². The van der Waals surface area contributed by atoms with Crippen LogP contribution in [0.2, 0.25) is 0 Å². The number of methoxy groups -OCH3 is 1. The average molecular weight is 361 g/mol. The summed E-state index contributed by atoms with van der Waals surface area (Å²) in [7, 11) is 1.56. The molecule has 0 aliphatic rings. The van der Waals surface area contributed by atoms with Gasteiger partial charge in [0.2, 0.25) is 0 Å². The van der Waals surface area contributed by atoms with Crippen LogP contribution in [0.1, 0.15) is 15.9 Å². The van der Waals surface area contributed by atoms with Crippen molar-refractivity contribution in [3.05, 3.63) is 90.0 Å². The van der Waals surface area contributed by atoms with Crippen LogP contribution in [0, 0.1) is 0 Å². The van der Waals surface area contributed by atoms with E-state index < -0.39 is 0 Å². The summed E-state index contributed by atoms with van der Waals surface area (Å²) in [5.41, 5.74) is 1.44. The number of rotatable bonds is 7. The standard InChI is InChI=1S/C22H19NO4/c1-26-17-10-7-11-18(14-17)27-15-21(24)23-20-13-6-5-12-19(20)22(25)16-8-3-2-4-9-16/h2-14H,15H2,1H3,(H,23,24). The Morgan fingerprint density at radius 3 is 2.33 bits per heavy atom. The molecule has 136 valence electrons. The maximum absolute atomic E-state index is 12.7. The summed E-state index contributed by atoms with van der Waals surface area (Å²) in [6.45, 7) is -0.180. The first-order valence-corrected chi connectivity index (χ1v) is 8.43. The molecule has 0 saturated carbocycles. The van der Waals surface area contributed by atoms with Gasteiger partial charge in [0.15, 0.2) is 12.4 Å². The van der Waals surface area contributed by atoms with E-state index in [1.54, 1.807) is 79.9 Å². The van der Waals surface area contributed by atoms with Gasteiger partial charge in [0.1, 0.15) is 11.5 Å². The molecule has 27 heavy (non-hydrogen) atoms. The highest BCUT2D eigenvalue weighted by Gasteiger charge is 2.15. The fraction of sp³-hybridized carbons (Fsp3) is 0.0909. The number of anilines is 1. The normalized spacial score (nSPS) is 10.1. The molecule has 0 heterocycles. The topological polar surface area (TPSA) is 64.6 Å². The molecule has 0 radical (unpaired) electrons. The van der Waals surface area contributed by atoms with Gasteiger partial charge < -0.3 is 14.8 Å². The fourth-order valence-electron chi connectivity index (χ4n) is 2.56. The van der Waals surface area contributed by atoms with Crippen LogP contribution < -0.4 is 14.8 Å². The third kappa shape index (κ3) is 4.73. The minimum atomic E-state index is -0.355. The lowest BCUT2D eigenvalue weighted by molar-refractivity contribution is -0.118. The molecule has 0 unspecified atom stereocenters. The van der Waals surface area contributed by atoms with Gasteiger partial charge in [-0.1, -0.05) is 48.5 Å². The van der Waals surface area contributed by atoms with Gasteiger partial charge in [0, 0.05) is 17.2 Å². The number of carbonyl (C=O) groups is 2. The Balaban J connectivity index is 1.68. The quantitative estimate of drug-likeness (QED) is 0.647. The van der Waals surface area contributed by atoms with E-state index in [2.05, 4.69) is 5.32 Å². The third-order valence-corrected chi connectivity index (χ3v) is 3.89. The molecule has 3 aromatic rings. The molecule has 0 atom stereocenters. The smallest absolute Gasteiger partial charge is 0.262 e. The number of para-hydroxylation sites is 1. The zero-order valence-corrected chi connectivity index (χ0v) is 14.8. The van der Waals surface area contributed by atoms with Gasteiger partial charge in [-0.2, -0.15) is 0 Å². The second kappa shape index (κ2) is 8.67. The van der Waals surface area contributed by atoms with Crippen molar-refractivity contribution in [1.29, 1.82) is 0 Å². The first-order valence-electron chi connectivity index (χ1n) is 8.43. The van der Waals surface area contributed by atoms with Crippen LogP contribution >= 0.6 is 0 Å². The molecule has 0 aliphatic heterocycles. The van der Waals surface area contributed by atoms with Crippen LogP contribution in [-0.2, 0) is 4.79 Å². The van der Waals surface area contributed by atoms with Crippen molar-refractivity contribution in [2.75, 3.05) is 19.0 Å². The zero-order chi connectivity index (χ0) is 19.1. The van der Waals surface area contributed by atoms with Crippen LogP contribution in [0.4, 0.5) is 5.69 Å². The minimum Gasteiger partial charge on any atom is -0.497 e. The second-order valence-corrected chi connectivity index (χ2v) is 5.76. The Morgan fingerprint density at radius 1 is 0.852 bits per heavy atom. The highest BCUT2D eigenvalue weighted by atomic mass is 16.5. The number of ether oxygens (including phenoxy) is 2. The van der Waals surface area contributed by atoms with Crippen molar-refractivity contribution in [2.45, 2.75) is 0 Å². The van der Waals surface area contributed by atoms with Gasteiger partial charge in [-0.05, 0) is 24.3 Å². The van der Waals surface area contributed by atoms with Crippen molar-refractivity contribution in [3.63, 3.8) is 0 Å². The summed E-state index contributed by atoms with van der Waals surface area (Å²) in [6, 6.07) is 22.8. The van der Waals surface area contributed by atoms with Crippen molar-refractivity contribution in [3.8, 4) is 11.5 Å². The number of amides is 1. The van der Waals surface area contributed by atoms with E-state index in [9.17, 15) is 9.59 Å². The molecule has 0 spiro atoms. The third-order valence-electron chi connectivity index (χ3n) is 3.89. The van der Waals surface area contributed by atoms with Crippen molar-refractivity contribution < 1.29 is 19.1 Å². The summed E-state index contributed by atoms with van der Waals surface area (Å²) >= 11 is 0. The molecule has 0 fully saturated rings. The lowest BCUT2D eigenvalue weighted by Crippen LogP contribution is -2.21. The number of nitrogens with one attached hydrogen (secondary N) is 1. The van der Waals surface area contributed by atoms with Crippen LogP contribution in [0.3, 0.4) is 0 Å². The summed E-state index contributed by atoms with van der Waals surface area (Å²) in [6.07, 6.45) is 0. The largest absolute Gasteiger partial charge is 0.497 e. The molecule has 0 bridgehead atoms. The van der Waals surface area contributed by atoms with Gasteiger partial charge >= 0.3 is 0 Å². The van der Waals surface area contributed by atoms with E-state index >= 15 is 0 Å². The Labute approximate surface area is 157 Å². The Hall–Kier alpha value is -3.60. The Kier molecular flexibility index (Phi) is 5.84. The molecule has 1 N–H and O–H groups in total. The molecule has 1 amide bonds. The molecule has 3 rings (SSSR count). The maximum atomic E-state index is 12.7. The van der Waals surface area contributed by atoms with E-state index in [0.29, 0.717) is 28.3 Å². The van der Waals surface area contributed by atoms with Crippen molar-refractivity contribution >= 4 is 17.4 Å². The molecule has 5 heteroatoms. The van der Waals surface area contributed by atoms with Crippen LogP contribution in [0.15, 0.2) is 78.9 Å². The van der Waals surface area contributed by atoms with Gasteiger partial charge in [0.05, 0.1) is 12.8 Å². The molecule has 5 nitrogen and oxygen atoms in total. The predicted octanol–water partition coefficient (Wildman–Crippen LogP) is 3.94. The van der Waals surface area contributed by atoms with E-state index in [-0.39, 0.29) is 18.3 Å². The zero-order valence-electron chi connectivity index (χ0n) is 14.8. The predicted molar refractivity (Wildman–Crippen MR) is 103 cm³/mol. The monoisotopic (exact) mass is 361 g/mol. The lowest BCUT2D eigenvalue weighted by Gasteiger charge is -2.11. The van der Waals surface area contributed by atoms with E-state index in [4.69, 9.17) is 9.47 Å². The first-order chi connectivity index (χ1) is 13.2. The molecule has 0 saturated heterocycles. The van der Waals surface area contributed by atoms with Crippen molar-refractivity contribution in [2.24, 2.45) is 0 Å². The van der Waals surface area contributed by atoms with E-state index in [1.807, 2.05) is 6.07 Å². The number of ketones is 1. The van der Waals surface area contributed by atoms with E-state index in [0.717, 1.165) is 0 Å². The summed E-state index contributed by atoms with van der Waals surface area (Å²) in [5.74, 6) is 0.663. The van der Waals surface area contributed by atoms with Gasteiger partial charge in [-0.3, -0.25) is 9.59 Å². The van der Waals surface area contributed by atoms with Gasteiger partial charge in [-0.25, -0.2) is 0 Å². The highest BCUT2D eigenvalue weighted by Crippen LogP contribution is 2.21. The summed E-state index contributed by atoms with van der Waals surface area (Å²) in [4.78, 5) is 25.0.